The number of carbonyl (C=O) groups excluding carboxylic acids is 1. The van der Waals surface area contributed by atoms with E-state index in [1.807, 2.05) is 50.2 Å². The standard InChI is InChI=1S/C29H27ClN2O3/c1-4-8-23-15-22(16-24(18-31)29(33)32-26-10-7-6-9-25(26)30)17-27(34-5-2)28(23)35-19-21-13-11-20(3)12-14-21/h4,6-7,9-17H,1,5,8,19H2,2-3H3,(H,32,33)/b24-16+. The Morgan fingerprint density at radius 1 is 1.14 bits per heavy atom. The summed E-state index contributed by atoms with van der Waals surface area (Å²) < 4.78 is 12.0. The van der Waals surface area contributed by atoms with Gasteiger partial charge in [0.15, 0.2) is 11.5 Å². The van der Waals surface area contributed by atoms with Crippen molar-refractivity contribution < 1.29 is 14.3 Å². The number of nitrogens with zero attached hydrogens (tertiary/aromatic N) is 1. The molecule has 0 fully saturated rings. The lowest BCUT2D eigenvalue weighted by Crippen LogP contribution is -2.13. The van der Waals surface area contributed by atoms with E-state index in [0.717, 1.165) is 11.1 Å². The van der Waals surface area contributed by atoms with E-state index >= 15 is 0 Å². The number of hydrogen-bond donors (Lipinski definition) is 1. The number of anilines is 1. The maximum atomic E-state index is 12.7. The predicted molar refractivity (Wildman–Crippen MR) is 141 cm³/mol. The zero-order valence-corrected chi connectivity index (χ0v) is 20.6. The quantitative estimate of drug-likeness (QED) is 0.192. The van der Waals surface area contributed by atoms with Crippen molar-refractivity contribution in [1.82, 2.24) is 0 Å². The first-order valence-corrected chi connectivity index (χ1v) is 11.6. The van der Waals surface area contributed by atoms with Gasteiger partial charge >= 0.3 is 0 Å². The molecule has 178 valence electrons. The summed E-state index contributed by atoms with van der Waals surface area (Å²) in [5.41, 5.74) is 4.06. The number of halogens is 1. The molecule has 0 heterocycles. The van der Waals surface area contributed by atoms with Crippen LogP contribution in [-0.4, -0.2) is 12.5 Å². The summed E-state index contributed by atoms with van der Waals surface area (Å²) in [5, 5.41) is 12.7. The normalized spacial score (nSPS) is 10.9. The van der Waals surface area contributed by atoms with Gasteiger partial charge in [-0.3, -0.25) is 4.79 Å². The highest BCUT2D eigenvalue weighted by Gasteiger charge is 2.16. The predicted octanol–water partition coefficient (Wildman–Crippen LogP) is 6.90. The van der Waals surface area contributed by atoms with Crippen molar-refractivity contribution in [1.29, 1.82) is 5.26 Å². The number of benzene rings is 3. The molecule has 0 saturated heterocycles. The maximum Gasteiger partial charge on any atom is 0.266 e. The molecule has 0 aliphatic heterocycles. The number of nitriles is 1. The molecule has 0 aliphatic rings. The average molecular weight is 487 g/mol. The van der Waals surface area contributed by atoms with Crippen molar-refractivity contribution in [2.75, 3.05) is 11.9 Å². The van der Waals surface area contributed by atoms with Crippen LogP contribution >= 0.6 is 11.6 Å². The molecule has 0 aliphatic carbocycles. The van der Waals surface area contributed by atoms with Gasteiger partial charge < -0.3 is 14.8 Å². The van der Waals surface area contributed by atoms with Crippen LogP contribution in [-0.2, 0) is 17.8 Å². The zero-order chi connectivity index (χ0) is 25.2. The summed E-state index contributed by atoms with van der Waals surface area (Å²) in [5.74, 6) is 0.598. The lowest BCUT2D eigenvalue weighted by atomic mass is 10.0. The monoisotopic (exact) mass is 486 g/mol. The summed E-state index contributed by atoms with van der Waals surface area (Å²) in [6.45, 7) is 8.58. The van der Waals surface area contributed by atoms with Crippen LogP contribution in [0.2, 0.25) is 5.02 Å². The van der Waals surface area contributed by atoms with E-state index in [0.29, 0.717) is 47.4 Å². The van der Waals surface area contributed by atoms with E-state index in [1.54, 1.807) is 36.4 Å². The van der Waals surface area contributed by atoms with E-state index in [2.05, 4.69) is 11.9 Å². The van der Waals surface area contributed by atoms with E-state index in [4.69, 9.17) is 21.1 Å². The van der Waals surface area contributed by atoms with Crippen LogP contribution in [0.5, 0.6) is 11.5 Å². The molecule has 0 atom stereocenters. The van der Waals surface area contributed by atoms with Gasteiger partial charge in [0, 0.05) is 5.56 Å². The molecule has 3 aromatic carbocycles. The molecule has 0 bridgehead atoms. The second kappa shape index (κ2) is 12.5. The Morgan fingerprint density at radius 3 is 2.54 bits per heavy atom. The molecular weight excluding hydrogens is 460 g/mol. The van der Waals surface area contributed by atoms with Crippen LogP contribution in [0.4, 0.5) is 5.69 Å². The van der Waals surface area contributed by atoms with Crippen LogP contribution in [0.1, 0.15) is 29.2 Å². The first kappa shape index (κ1) is 25.6. The molecule has 0 aromatic heterocycles. The second-order valence-corrected chi connectivity index (χ2v) is 8.22. The molecule has 0 saturated carbocycles. The lowest BCUT2D eigenvalue weighted by molar-refractivity contribution is -0.112. The van der Waals surface area contributed by atoms with Gasteiger partial charge in [0.25, 0.3) is 5.91 Å². The molecule has 0 radical (unpaired) electrons. The Balaban J connectivity index is 1.93. The van der Waals surface area contributed by atoms with Crippen LogP contribution in [0.3, 0.4) is 0 Å². The molecule has 5 nitrogen and oxygen atoms in total. The minimum Gasteiger partial charge on any atom is -0.490 e. The number of amides is 1. The second-order valence-electron chi connectivity index (χ2n) is 7.81. The van der Waals surface area contributed by atoms with E-state index < -0.39 is 5.91 Å². The summed E-state index contributed by atoms with van der Waals surface area (Å²) >= 11 is 6.13. The van der Waals surface area contributed by atoms with Crippen LogP contribution in [0.25, 0.3) is 6.08 Å². The van der Waals surface area contributed by atoms with Crippen LogP contribution in [0.15, 0.2) is 78.9 Å². The number of aryl methyl sites for hydroxylation is 1. The highest BCUT2D eigenvalue weighted by atomic mass is 35.5. The SMILES string of the molecule is C=CCc1cc(/C=C(\C#N)C(=O)Nc2ccccc2Cl)cc(OCC)c1OCc1ccc(C)cc1. The Bertz CT molecular complexity index is 1270. The van der Waals surface area contributed by atoms with Gasteiger partial charge in [0.1, 0.15) is 18.2 Å². The van der Waals surface area contributed by atoms with Crippen molar-refractivity contribution >= 4 is 29.3 Å². The molecule has 1 amide bonds. The van der Waals surface area contributed by atoms with Crippen LogP contribution < -0.4 is 14.8 Å². The third-order valence-corrected chi connectivity index (χ3v) is 5.45. The topological polar surface area (TPSA) is 71.4 Å². The summed E-state index contributed by atoms with van der Waals surface area (Å²) in [4.78, 5) is 12.7. The van der Waals surface area contributed by atoms with E-state index in [-0.39, 0.29) is 5.57 Å². The number of hydrogen-bond acceptors (Lipinski definition) is 4. The van der Waals surface area contributed by atoms with Crippen molar-refractivity contribution in [3.05, 3.63) is 106 Å². The lowest BCUT2D eigenvalue weighted by Gasteiger charge is -2.17. The van der Waals surface area contributed by atoms with Gasteiger partial charge in [-0.2, -0.15) is 5.26 Å². The summed E-state index contributed by atoms with van der Waals surface area (Å²) in [6.07, 6.45) is 3.82. The van der Waals surface area contributed by atoms with Gasteiger partial charge in [-0.1, -0.05) is 59.6 Å². The Kier molecular flexibility index (Phi) is 9.11. The van der Waals surface area contributed by atoms with Crippen molar-refractivity contribution in [3.63, 3.8) is 0 Å². The third-order valence-electron chi connectivity index (χ3n) is 5.12. The van der Waals surface area contributed by atoms with Crippen LogP contribution in [0, 0.1) is 18.3 Å². The Morgan fingerprint density at radius 2 is 1.89 bits per heavy atom. The molecule has 35 heavy (non-hydrogen) atoms. The summed E-state index contributed by atoms with van der Waals surface area (Å²) in [6, 6.07) is 20.6. The molecule has 1 N–H and O–H groups in total. The summed E-state index contributed by atoms with van der Waals surface area (Å²) in [7, 11) is 0. The number of nitrogens with one attached hydrogen (secondary N) is 1. The van der Waals surface area contributed by atoms with E-state index in [9.17, 15) is 10.1 Å². The molecule has 0 spiro atoms. The largest absolute Gasteiger partial charge is 0.490 e. The molecule has 3 rings (SSSR count). The molecule has 6 heteroatoms. The average Bonchev–Trinajstić information content (AvgIpc) is 2.85. The molecule has 3 aromatic rings. The number of carbonyl (C=O) groups is 1. The minimum absolute atomic E-state index is 0.0646. The first-order valence-electron chi connectivity index (χ1n) is 11.2. The van der Waals surface area contributed by atoms with Crippen molar-refractivity contribution in [3.8, 4) is 17.6 Å². The number of ether oxygens (including phenoxy) is 2. The van der Waals surface area contributed by atoms with Gasteiger partial charge in [0.05, 0.1) is 17.3 Å². The van der Waals surface area contributed by atoms with Gasteiger partial charge in [0.2, 0.25) is 0 Å². The fraction of sp³-hybridized carbons (Fsp3) is 0.172. The third kappa shape index (κ3) is 6.99. The van der Waals surface area contributed by atoms with Gasteiger partial charge in [-0.25, -0.2) is 0 Å². The van der Waals surface area contributed by atoms with Gasteiger partial charge in [-0.15, -0.1) is 6.58 Å². The number of rotatable bonds is 10. The highest BCUT2D eigenvalue weighted by Crippen LogP contribution is 2.35. The molecule has 0 unspecified atom stereocenters. The zero-order valence-electron chi connectivity index (χ0n) is 19.8. The maximum absolute atomic E-state index is 12.7. The number of para-hydroxylation sites is 1. The van der Waals surface area contributed by atoms with E-state index in [1.165, 1.54) is 11.6 Å². The van der Waals surface area contributed by atoms with Crippen molar-refractivity contribution in [2.45, 2.75) is 26.9 Å². The van der Waals surface area contributed by atoms with Gasteiger partial charge in [-0.05, 0) is 61.7 Å². The fourth-order valence-corrected chi connectivity index (χ4v) is 3.59. The van der Waals surface area contributed by atoms with Crippen molar-refractivity contribution in [2.24, 2.45) is 0 Å². The number of allylic oxidation sites excluding steroid dienone is 1. The first-order chi connectivity index (χ1) is 16.9. The Labute approximate surface area is 211 Å². The molecular formula is C29H27ClN2O3. The fourth-order valence-electron chi connectivity index (χ4n) is 3.41. The minimum atomic E-state index is -0.552. The Hall–Kier alpha value is -4.01. The smallest absolute Gasteiger partial charge is 0.266 e. The highest BCUT2D eigenvalue weighted by molar-refractivity contribution is 6.34.